The number of hydroxylamine groups is 1. The monoisotopic (exact) mass is 314 g/mol. The van der Waals surface area contributed by atoms with Gasteiger partial charge in [0.2, 0.25) is 5.91 Å². The van der Waals surface area contributed by atoms with Crippen LogP contribution in [0.15, 0.2) is 42.5 Å². The first-order chi connectivity index (χ1) is 11.0. The summed E-state index contributed by atoms with van der Waals surface area (Å²) in [6.07, 6.45) is -0.540. The standard InChI is InChI=1S/C18H22N2O3/c1-12(2)19-18(22)13(3)23-20-17(21)11-14-8-9-15-6-4-5-7-16(15)10-14/h4-10,12-13H,11H2,1-3H3,(H,19,22)(H,20,21)/t13-/m1/s1. The highest BCUT2D eigenvalue weighted by atomic mass is 16.7. The van der Waals surface area contributed by atoms with Gasteiger partial charge in [-0.1, -0.05) is 42.5 Å². The van der Waals surface area contributed by atoms with Gasteiger partial charge in [0.1, 0.15) is 0 Å². The summed E-state index contributed by atoms with van der Waals surface area (Å²) in [7, 11) is 0. The molecule has 0 aliphatic heterocycles. The SMILES string of the molecule is CC(C)NC(=O)[C@@H](C)ONC(=O)Cc1ccc2ccccc2c1. The average molecular weight is 314 g/mol. The Morgan fingerprint density at radius 2 is 1.74 bits per heavy atom. The average Bonchev–Trinajstić information content (AvgIpc) is 2.51. The van der Waals surface area contributed by atoms with Crippen LogP contribution in [-0.4, -0.2) is 24.0 Å². The maximum atomic E-state index is 11.9. The van der Waals surface area contributed by atoms with E-state index in [1.807, 2.05) is 56.3 Å². The molecule has 0 spiro atoms. The highest BCUT2D eigenvalue weighted by molar-refractivity contribution is 5.85. The molecule has 2 amide bonds. The molecule has 5 nitrogen and oxygen atoms in total. The molecule has 0 heterocycles. The molecule has 2 aromatic carbocycles. The number of carbonyl (C=O) groups is 2. The van der Waals surface area contributed by atoms with Crippen molar-refractivity contribution in [2.24, 2.45) is 0 Å². The minimum atomic E-state index is -0.738. The third-order valence-electron chi connectivity index (χ3n) is 3.33. The van der Waals surface area contributed by atoms with Gasteiger partial charge >= 0.3 is 0 Å². The van der Waals surface area contributed by atoms with Crippen molar-refractivity contribution in [1.82, 2.24) is 10.8 Å². The van der Waals surface area contributed by atoms with E-state index in [2.05, 4.69) is 10.8 Å². The summed E-state index contributed by atoms with van der Waals surface area (Å²) in [4.78, 5) is 28.7. The molecule has 2 aromatic rings. The highest BCUT2D eigenvalue weighted by Gasteiger charge is 2.15. The third-order valence-corrected chi connectivity index (χ3v) is 3.33. The van der Waals surface area contributed by atoms with Crippen LogP contribution >= 0.6 is 0 Å². The fourth-order valence-corrected chi connectivity index (χ4v) is 2.18. The van der Waals surface area contributed by atoms with Crippen LogP contribution in [0.3, 0.4) is 0 Å². The number of nitrogens with one attached hydrogen (secondary N) is 2. The number of benzene rings is 2. The van der Waals surface area contributed by atoms with Crippen molar-refractivity contribution in [2.45, 2.75) is 39.3 Å². The molecule has 0 unspecified atom stereocenters. The molecule has 5 heteroatoms. The van der Waals surface area contributed by atoms with Crippen LogP contribution in [-0.2, 0) is 20.8 Å². The number of rotatable bonds is 6. The Morgan fingerprint density at radius 3 is 2.43 bits per heavy atom. The summed E-state index contributed by atoms with van der Waals surface area (Å²) in [5.74, 6) is -0.546. The fraction of sp³-hybridized carbons (Fsp3) is 0.333. The number of amides is 2. The molecule has 0 aliphatic rings. The fourth-order valence-electron chi connectivity index (χ4n) is 2.18. The zero-order valence-electron chi connectivity index (χ0n) is 13.6. The Balaban J connectivity index is 1.87. The van der Waals surface area contributed by atoms with Crippen LogP contribution < -0.4 is 10.8 Å². The number of hydrogen-bond acceptors (Lipinski definition) is 3. The minimum absolute atomic E-state index is 0.0295. The first kappa shape index (κ1) is 17.0. The third kappa shape index (κ3) is 5.07. The smallest absolute Gasteiger partial charge is 0.251 e. The predicted molar refractivity (Wildman–Crippen MR) is 89.6 cm³/mol. The van der Waals surface area contributed by atoms with Gasteiger partial charge in [0.15, 0.2) is 6.10 Å². The zero-order chi connectivity index (χ0) is 16.8. The Morgan fingerprint density at radius 1 is 1.04 bits per heavy atom. The van der Waals surface area contributed by atoms with E-state index in [1.54, 1.807) is 6.92 Å². The van der Waals surface area contributed by atoms with Crippen LogP contribution in [0.2, 0.25) is 0 Å². The molecule has 0 aromatic heterocycles. The Hall–Kier alpha value is -2.40. The highest BCUT2D eigenvalue weighted by Crippen LogP contribution is 2.15. The van der Waals surface area contributed by atoms with Crippen molar-refractivity contribution < 1.29 is 14.4 Å². The van der Waals surface area contributed by atoms with Gasteiger partial charge in [-0.15, -0.1) is 0 Å². The van der Waals surface area contributed by atoms with Gasteiger partial charge in [-0.25, -0.2) is 5.48 Å². The van der Waals surface area contributed by atoms with Gasteiger partial charge in [0.05, 0.1) is 6.42 Å². The van der Waals surface area contributed by atoms with Crippen molar-refractivity contribution in [1.29, 1.82) is 0 Å². The zero-order valence-corrected chi connectivity index (χ0v) is 13.6. The van der Waals surface area contributed by atoms with Gasteiger partial charge in [-0.05, 0) is 37.1 Å². The Bertz CT molecular complexity index is 697. The number of hydrogen-bond donors (Lipinski definition) is 2. The molecule has 2 N–H and O–H groups in total. The predicted octanol–water partition coefficient (Wildman–Crippen LogP) is 2.34. The lowest BCUT2D eigenvalue weighted by Gasteiger charge is -2.15. The second kappa shape index (κ2) is 7.74. The first-order valence-electron chi connectivity index (χ1n) is 7.68. The second-order valence-corrected chi connectivity index (χ2v) is 5.81. The molecular weight excluding hydrogens is 292 g/mol. The van der Waals surface area contributed by atoms with Crippen LogP contribution in [0.25, 0.3) is 10.8 Å². The van der Waals surface area contributed by atoms with E-state index < -0.39 is 6.10 Å². The van der Waals surface area contributed by atoms with Crippen molar-refractivity contribution in [3.63, 3.8) is 0 Å². The molecule has 122 valence electrons. The van der Waals surface area contributed by atoms with Crippen LogP contribution in [0.5, 0.6) is 0 Å². The molecule has 0 aliphatic carbocycles. The van der Waals surface area contributed by atoms with Crippen molar-refractivity contribution in [3.05, 3.63) is 48.0 Å². The van der Waals surface area contributed by atoms with E-state index in [-0.39, 0.29) is 24.3 Å². The Labute approximate surface area is 136 Å². The molecule has 23 heavy (non-hydrogen) atoms. The molecular formula is C18H22N2O3. The van der Waals surface area contributed by atoms with Gasteiger partial charge < -0.3 is 5.32 Å². The minimum Gasteiger partial charge on any atom is -0.352 e. The van der Waals surface area contributed by atoms with Gasteiger partial charge in [0, 0.05) is 6.04 Å². The molecule has 0 bridgehead atoms. The summed E-state index contributed by atoms with van der Waals surface area (Å²) in [6, 6.07) is 13.9. The molecule has 0 saturated heterocycles. The molecule has 0 radical (unpaired) electrons. The van der Waals surface area contributed by atoms with E-state index in [0.717, 1.165) is 16.3 Å². The summed E-state index contributed by atoms with van der Waals surface area (Å²) in [6.45, 7) is 5.32. The van der Waals surface area contributed by atoms with Crippen molar-refractivity contribution >= 4 is 22.6 Å². The van der Waals surface area contributed by atoms with Gasteiger partial charge in [-0.3, -0.25) is 14.4 Å². The normalized spacial score (nSPS) is 12.2. The summed E-state index contributed by atoms with van der Waals surface area (Å²) in [5.41, 5.74) is 3.23. The quantitative estimate of drug-likeness (QED) is 0.804. The van der Waals surface area contributed by atoms with Crippen LogP contribution in [0, 0.1) is 0 Å². The maximum absolute atomic E-state index is 11.9. The lowest BCUT2D eigenvalue weighted by atomic mass is 10.1. The number of carbonyl (C=O) groups excluding carboxylic acids is 2. The van der Waals surface area contributed by atoms with Gasteiger partial charge in [0.25, 0.3) is 5.91 Å². The Kier molecular flexibility index (Phi) is 5.71. The molecule has 0 saturated carbocycles. The lowest BCUT2D eigenvalue weighted by molar-refractivity contribution is -0.146. The maximum Gasteiger partial charge on any atom is 0.251 e. The largest absolute Gasteiger partial charge is 0.352 e. The van der Waals surface area contributed by atoms with E-state index in [9.17, 15) is 9.59 Å². The molecule has 0 fully saturated rings. The topological polar surface area (TPSA) is 67.4 Å². The summed E-state index contributed by atoms with van der Waals surface area (Å²) >= 11 is 0. The van der Waals surface area contributed by atoms with Crippen LogP contribution in [0.1, 0.15) is 26.3 Å². The molecule has 1 atom stereocenters. The molecule has 2 rings (SSSR count). The van der Waals surface area contributed by atoms with E-state index in [1.165, 1.54) is 0 Å². The van der Waals surface area contributed by atoms with E-state index >= 15 is 0 Å². The van der Waals surface area contributed by atoms with Crippen LogP contribution in [0.4, 0.5) is 0 Å². The van der Waals surface area contributed by atoms with E-state index in [4.69, 9.17) is 4.84 Å². The number of fused-ring (bicyclic) bond motifs is 1. The van der Waals surface area contributed by atoms with E-state index in [0.29, 0.717) is 0 Å². The van der Waals surface area contributed by atoms with Crippen molar-refractivity contribution in [3.8, 4) is 0 Å². The first-order valence-corrected chi connectivity index (χ1v) is 7.68. The summed E-state index contributed by atoms with van der Waals surface area (Å²) < 4.78 is 0. The van der Waals surface area contributed by atoms with Gasteiger partial charge in [-0.2, -0.15) is 0 Å². The lowest BCUT2D eigenvalue weighted by Crippen LogP contribution is -2.42. The second-order valence-electron chi connectivity index (χ2n) is 5.81. The van der Waals surface area contributed by atoms with Crippen molar-refractivity contribution in [2.75, 3.05) is 0 Å². The summed E-state index contributed by atoms with van der Waals surface area (Å²) in [5, 5.41) is 4.94.